The second-order valence-electron chi connectivity index (χ2n) is 8.60. The van der Waals surface area contributed by atoms with Crippen molar-refractivity contribution in [1.29, 1.82) is 0 Å². The van der Waals surface area contributed by atoms with Crippen molar-refractivity contribution in [2.75, 3.05) is 18.5 Å². The first kappa shape index (κ1) is 25.0. The summed E-state index contributed by atoms with van der Waals surface area (Å²) in [7, 11) is 2.20. The smallest absolute Gasteiger partial charge is 0.0366 e. The highest BCUT2D eigenvalue weighted by atomic mass is 15.1. The molecule has 0 amide bonds. The Bertz CT molecular complexity index is 458. The van der Waals surface area contributed by atoms with E-state index in [1.807, 2.05) is 0 Å². The van der Waals surface area contributed by atoms with Gasteiger partial charge in [0.2, 0.25) is 0 Å². The number of benzene rings is 1. The summed E-state index contributed by atoms with van der Waals surface area (Å²) in [4.78, 5) is 2.36. The van der Waals surface area contributed by atoms with Crippen LogP contribution in [0.4, 0.5) is 5.69 Å². The van der Waals surface area contributed by atoms with Gasteiger partial charge in [-0.2, -0.15) is 0 Å². The third-order valence-electron chi connectivity index (χ3n) is 5.93. The summed E-state index contributed by atoms with van der Waals surface area (Å²) in [6.45, 7) is 4.07. The van der Waals surface area contributed by atoms with Gasteiger partial charge >= 0.3 is 0 Å². The Labute approximate surface area is 176 Å². The summed E-state index contributed by atoms with van der Waals surface area (Å²) in [5, 5.41) is 0. The summed E-state index contributed by atoms with van der Waals surface area (Å²) in [6.07, 6.45) is 22.8. The van der Waals surface area contributed by atoms with Crippen LogP contribution < -0.4 is 10.6 Å². The Morgan fingerprint density at radius 2 is 1.14 bits per heavy atom. The predicted molar refractivity (Wildman–Crippen MR) is 127 cm³/mol. The quantitative estimate of drug-likeness (QED) is 0.244. The van der Waals surface area contributed by atoms with Gasteiger partial charge in [0.1, 0.15) is 0 Å². The lowest BCUT2D eigenvalue weighted by atomic mass is 10.0. The van der Waals surface area contributed by atoms with Crippen molar-refractivity contribution in [3.63, 3.8) is 0 Å². The molecule has 0 aliphatic carbocycles. The van der Waals surface area contributed by atoms with E-state index < -0.39 is 0 Å². The van der Waals surface area contributed by atoms with E-state index >= 15 is 0 Å². The molecule has 0 saturated heterocycles. The molecule has 2 N–H and O–H groups in total. The minimum atomic E-state index is 0.626. The van der Waals surface area contributed by atoms with Crippen LogP contribution in [0.3, 0.4) is 0 Å². The molecule has 0 unspecified atom stereocenters. The first-order valence-electron chi connectivity index (χ1n) is 12.3. The van der Waals surface area contributed by atoms with E-state index in [4.69, 9.17) is 5.73 Å². The van der Waals surface area contributed by atoms with Crippen molar-refractivity contribution in [1.82, 2.24) is 0 Å². The van der Waals surface area contributed by atoms with Crippen molar-refractivity contribution in [3.8, 4) is 0 Å². The fourth-order valence-electron chi connectivity index (χ4n) is 3.95. The number of anilines is 1. The molecule has 0 fully saturated rings. The molecule has 1 aromatic carbocycles. The number of hydrogen-bond acceptors (Lipinski definition) is 2. The Balaban J connectivity index is 1.84. The lowest BCUT2D eigenvalue weighted by molar-refractivity contribution is 0.529. The SMILES string of the molecule is CCCCCCCCCCCCCCCCCCN(C)c1cccc(CN)c1. The average molecular weight is 389 g/mol. The van der Waals surface area contributed by atoms with Crippen molar-refractivity contribution in [3.05, 3.63) is 29.8 Å². The molecule has 0 spiro atoms. The third kappa shape index (κ3) is 13.2. The average Bonchev–Trinajstić information content (AvgIpc) is 2.73. The molecule has 0 saturated carbocycles. The molecule has 0 aromatic heterocycles. The van der Waals surface area contributed by atoms with Crippen LogP contribution in [-0.4, -0.2) is 13.6 Å². The van der Waals surface area contributed by atoms with E-state index in [0.29, 0.717) is 6.54 Å². The Hall–Kier alpha value is -1.02. The highest BCUT2D eigenvalue weighted by molar-refractivity contribution is 5.47. The lowest BCUT2D eigenvalue weighted by Crippen LogP contribution is -2.18. The minimum absolute atomic E-state index is 0.626. The zero-order chi connectivity index (χ0) is 20.3. The minimum Gasteiger partial charge on any atom is -0.375 e. The van der Waals surface area contributed by atoms with Gasteiger partial charge in [-0.15, -0.1) is 0 Å². The predicted octanol–water partition coefficient (Wildman–Crippen LogP) is 7.84. The summed E-state index contributed by atoms with van der Waals surface area (Å²) >= 11 is 0. The lowest BCUT2D eigenvalue weighted by Gasteiger charge is -2.20. The molecule has 0 aliphatic rings. The molecule has 1 rings (SSSR count). The van der Waals surface area contributed by atoms with Crippen LogP contribution in [0.25, 0.3) is 0 Å². The van der Waals surface area contributed by atoms with E-state index in [1.54, 1.807) is 0 Å². The van der Waals surface area contributed by atoms with Gasteiger partial charge < -0.3 is 10.6 Å². The fraction of sp³-hybridized carbons (Fsp3) is 0.769. The van der Waals surface area contributed by atoms with Crippen molar-refractivity contribution >= 4 is 5.69 Å². The number of nitrogens with zero attached hydrogens (tertiary/aromatic N) is 1. The summed E-state index contributed by atoms with van der Waals surface area (Å²) in [5.41, 5.74) is 8.25. The maximum Gasteiger partial charge on any atom is 0.0366 e. The zero-order valence-corrected chi connectivity index (χ0v) is 19.1. The van der Waals surface area contributed by atoms with Crippen LogP contribution in [0.2, 0.25) is 0 Å². The van der Waals surface area contributed by atoms with Gasteiger partial charge in [-0.3, -0.25) is 0 Å². The van der Waals surface area contributed by atoms with E-state index in [-0.39, 0.29) is 0 Å². The zero-order valence-electron chi connectivity index (χ0n) is 19.1. The van der Waals surface area contributed by atoms with Crippen LogP contribution in [0.15, 0.2) is 24.3 Å². The fourth-order valence-corrected chi connectivity index (χ4v) is 3.95. The van der Waals surface area contributed by atoms with Gasteiger partial charge in [0.05, 0.1) is 0 Å². The normalized spacial score (nSPS) is 11.1. The van der Waals surface area contributed by atoms with Gasteiger partial charge in [0, 0.05) is 25.8 Å². The molecule has 0 heterocycles. The summed E-state index contributed by atoms with van der Waals surface area (Å²) < 4.78 is 0. The van der Waals surface area contributed by atoms with Gasteiger partial charge in [-0.25, -0.2) is 0 Å². The van der Waals surface area contributed by atoms with Crippen LogP contribution in [0, 0.1) is 0 Å². The van der Waals surface area contributed by atoms with Crippen molar-refractivity contribution < 1.29 is 0 Å². The maximum atomic E-state index is 5.74. The molecule has 1 aromatic rings. The first-order valence-corrected chi connectivity index (χ1v) is 12.3. The van der Waals surface area contributed by atoms with Crippen LogP contribution in [0.5, 0.6) is 0 Å². The highest BCUT2D eigenvalue weighted by Gasteiger charge is 2.01. The number of rotatable bonds is 19. The molecular weight excluding hydrogens is 340 g/mol. The molecule has 0 atom stereocenters. The van der Waals surface area contributed by atoms with Gasteiger partial charge in [-0.05, 0) is 24.1 Å². The molecule has 0 bridgehead atoms. The summed E-state index contributed by atoms with van der Waals surface area (Å²) in [6, 6.07) is 8.62. The third-order valence-corrected chi connectivity index (χ3v) is 5.93. The van der Waals surface area contributed by atoms with Gasteiger partial charge in [-0.1, -0.05) is 115 Å². The Kier molecular flexibility index (Phi) is 16.1. The second kappa shape index (κ2) is 18.0. The highest BCUT2D eigenvalue weighted by Crippen LogP contribution is 2.16. The molecule has 0 aliphatic heterocycles. The molecular formula is C26H48N2. The largest absolute Gasteiger partial charge is 0.375 e. The summed E-state index contributed by atoms with van der Waals surface area (Å²) in [5.74, 6) is 0. The van der Waals surface area contributed by atoms with Crippen molar-refractivity contribution in [2.45, 2.75) is 116 Å². The van der Waals surface area contributed by atoms with Crippen LogP contribution in [0.1, 0.15) is 115 Å². The Morgan fingerprint density at radius 1 is 0.679 bits per heavy atom. The molecule has 2 nitrogen and oxygen atoms in total. The number of unbranched alkanes of at least 4 members (excludes halogenated alkanes) is 15. The number of hydrogen-bond donors (Lipinski definition) is 1. The van der Waals surface area contributed by atoms with Crippen molar-refractivity contribution in [2.24, 2.45) is 5.73 Å². The molecule has 28 heavy (non-hydrogen) atoms. The van der Waals surface area contributed by atoms with Crippen LogP contribution >= 0.6 is 0 Å². The second-order valence-corrected chi connectivity index (χ2v) is 8.60. The standard InChI is InChI=1S/C26H48N2/c1-3-4-5-6-7-8-9-10-11-12-13-14-15-16-17-18-22-28(2)26-21-19-20-25(23-26)24-27/h19-21,23H,3-18,22,24,27H2,1-2H3. The van der Waals surface area contributed by atoms with Gasteiger partial charge in [0.15, 0.2) is 0 Å². The molecule has 0 radical (unpaired) electrons. The number of nitrogens with two attached hydrogens (primary N) is 1. The van der Waals surface area contributed by atoms with E-state index in [9.17, 15) is 0 Å². The topological polar surface area (TPSA) is 29.3 Å². The molecule has 162 valence electrons. The maximum absolute atomic E-state index is 5.74. The van der Waals surface area contributed by atoms with Gasteiger partial charge in [0.25, 0.3) is 0 Å². The molecule has 2 heteroatoms. The van der Waals surface area contributed by atoms with E-state index in [0.717, 1.165) is 6.54 Å². The van der Waals surface area contributed by atoms with Crippen LogP contribution in [-0.2, 0) is 6.54 Å². The van der Waals surface area contributed by atoms with E-state index in [2.05, 4.69) is 43.1 Å². The van der Waals surface area contributed by atoms with E-state index in [1.165, 1.54) is 114 Å². The first-order chi connectivity index (χ1) is 13.8. The monoisotopic (exact) mass is 388 g/mol. The Morgan fingerprint density at radius 3 is 1.61 bits per heavy atom.